The molecule has 200 valence electrons. The van der Waals surface area contributed by atoms with Crippen LogP contribution in [0.15, 0.2) is 39.9 Å². The molecular weight excluding hydrogens is 505 g/mol. The molecule has 0 amide bonds. The molecule has 0 saturated heterocycles. The van der Waals surface area contributed by atoms with Gasteiger partial charge in [-0.15, -0.1) is 13.2 Å². The maximum atomic E-state index is 12.9. The average Bonchev–Trinajstić information content (AvgIpc) is 3.46. The Kier molecular flexibility index (Phi) is 7.61. The van der Waals surface area contributed by atoms with E-state index in [2.05, 4.69) is 31.6 Å². The van der Waals surface area contributed by atoms with Crippen LogP contribution in [0.25, 0.3) is 22.7 Å². The van der Waals surface area contributed by atoms with E-state index in [4.69, 9.17) is 4.74 Å². The maximum absolute atomic E-state index is 12.9. The van der Waals surface area contributed by atoms with E-state index in [0.29, 0.717) is 48.9 Å². The molecule has 13 heteroatoms. The van der Waals surface area contributed by atoms with Crippen molar-refractivity contribution in [3.05, 3.63) is 56.7 Å². The molecule has 1 N–H and O–H groups in total. The average molecular weight is 531 g/mol. The van der Waals surface area contributed by atoms with Crippen molar-refractivity contribution in [2.45, 2.75) is 46.1 Å². The van der Waals surface area contributed by atoms with Gasteiger partial charge in [0.15, 0.2) is 18.1 Å². The number of ether oxygens (including phenoxy) is 2. The van der Waals surface area contributed by atoms with E-state index in [0.717, 1.165) is 0 Å². The third kappa shape index (κ3) is 5.74. The summed E-state index contributed by atoms with van der Waals surface area (Å²) >= 11 is 0. The molecule has 0 fully saturated rings. The minimum atomic E-state index is -4.75. The van der Waals surface area contributed by atoms with Gasteiger partial charge in [0, 0.05) is 31.8 Å². The van der Waals surface area contributed by atoms with Crippen LogP contribution in [0.2, 0.25) is 0 Å². The number of imidazole rings is 1. The van der Waals surface area contributed by atoms with Gasteiger partial charge in [-0.3, -0.25) is 13.9 Å². The van der Waals surface area contributed by atoms with Crippen LogP contribution in [0.1, 0.15) is 32.3 Å². The molecule has 1 aromatic carbocycles. The zero-order valence-corrected chi connectivity index (χ0v) is 20.9. The van der Waals surface area contributed by atoms with Crippen molar-refractivity contribution < 1.29 is 22.6 Å². The lowest BCUT2D eigenvalue weighted by atomic mass is 10.2. The molecule has 38 heavy (non-hydrogen) atoms. The van der Waals surface area contributed by atoms with Crippen LogP contribution in [0.4, 0.5) is 13.2 Å². The van der Waals surface area contributed by atoms with Crippen molar-refractivity contribution in [2.75, 3.05) is 6.61 Å². The lowest BCUT2D eigenvalue weighted by molar-refractivity contribution is -0.274. The third-order valence-electron chi connectivity index (χ3n) is 5.45. The van der Waals surface area contributed by atoms with Crippen LogP contribution in [0.5, 0.6) is 11.6 Å². The number of aryl methyl sites for hydroxylation is 2. The quantitative estimate of drug-likeness (QED) is 0.350. The number of fused-ring (bicyclic) bond motifs is 1. The molecule has 0 saturated carbocycles. The van der Waals surface area contributed by atoms with Gasteiger partial charge in [-0.25, -0.2) is 14.5 Å². The summed E-state index contributed by atoms with van der Waals surface area (Å²) in [6.07, 6.45) is -3.43. The number of hydrogen-bond donors (Lipinski definition) is 1. The number of H-pyrrole nitrogens is 1. The van der Waals surface area contributed by atoms with Gasteiger partial charge in [0.1, 0.15) is 17.0 Å². The fourth-order valence-electron chi connectivity index (χ4n) is 3.82. The third-order valence-corrected chi connectivity index (χ3v) is 5.45. The van der Waals surface area contributed by atoms with Crippen molar-refractivity contribution >= 4 is 11.2 Å². The highest BCUT2D eigenvalue weighted by Crippen LogP contribution is 2.23. The number of aromatic amines is 1. The van der Waals surface area contributed by atoms with Crippen LogP contribution in [0.3, 0.4) is 0 Å². The number of hydrogen-bond acceptors (Lipinski definition) is 6. The first-order valence-electron chi connectivity index (χ1n) is 11.9. The monoisotopic (exact) mass is 530 g/mol. The van der Waals surface area contributed by atoms with Gasteiger partial charge in [-0.2, -0.15) is 5.10 Å². The van der Waals surface area contributed by atoms with Crippen molar-refractivity contribution in [2.24, 2.45) is 7.05 Å². The predicted molar refractivity (Wildman–Crippen MR) is 133 cm³/mol. The second kappa shape index (κ2) is 10.9. The molecule has 3 aromatic heterocycles. The largest absolute Gasteiger partial charge is 0.573 e. The minimum absolute atomic E-state index is 0.0162. The van der Waals surface area contributed by atoms with E-state index in [-0.39, 0.29) is 23.5 Å². The number of nitrogens with one attached hydrogen (secondary N) is 1. The Balaban J connectivity index is 1.53. The fourth-order valence-corrected chi connectivity index (χ4v) is 3.82. The van der Waals surface area contributed by atoms with Crippen molar-refractivity contribution in [1.82, 2.24) is 28.9 Å². The lowest BCUT2D eigenvalue weighted by Gasteiger charge is -2.09. The Morgan fingerprint density at radius 2 is 1.74 bits per heavy atom. The summed E-state index contributed by atoms with van der Waals surface area (Å²) in [5, 5.41) is 4.39. The molecule has 0 atom stereocenters. The first kappa shape index (κ1) is 26.6. The Morgan fingerprint density at radius 1 is 1.05 bits per heavy atom. The second-order valence-electron chi connectivity index (χ2n) is 8.33. The number of benzene rings is 1. The van der Waals surface area contributed by atoms with E-state index in [9.17, 15) is 22.8 Å². The summed E-state index contributed by atoms with van der Waals surface area (Å²) in [6.45, 7) is 4.53. The van der Waals surface area contributed by atoms with Gasteiger partial charge in [-0.1, -0.05) is 25.7 Å². The summed E-state index contributed by atoms with van der Waals surface area (Å²) in [5.74, 6) is 5.94. The molecule has 4 rings (SSSR count). The highest BCUT2D eigenvalue weighted by atomic mass is 19.4. The Labute approximate surface area is 214 Å². The van der Waals surface area contributed by atoms with Crippen LogP contribution in [-0.2, 0) is 20.1 Å². The maximum Gasteiger partial charge on any atom is 0.573 e. The Morgan fingerprint density at radius 3 is 2.39 bits per heavy atom. The van der Waals surface area contributed by atoms with Crippen LogP contribution >= 0.6 is 0 Å². The predicted octanol–water partition coefficient (Wildman–Crippen LogP) is 3.44. The number of rotatable bonds is 8. The Bertz CT molecular complexity index is 1620. The van der Waals surface area contributed by atoms with Crippen molar-refractivity contribution in [1.29, 1.82) is 0 Å². The SMILES string of the molecule is CCCn1c(=O)c2[nH]c(-c3cc(OCC#Cc4ccc(OC(F)(F)F)cc4)n(C)n3)nc2n(CCC)c1=O. The topological polar surface area (TPSA) is 109 Å². The van der Waals surface area contributed by atoms with Gasteiger partial charge in [0.2, 0.25) is 5.88 Å². The first-order valence-corrected chi connectivity index (χ1v) is 11.9. The van der Waals surface area contributed by atoms with Gasteiger partial charge in [0.25, 0.3) is 5.56 Å². The number of alkyl halides is 3. The summed E-state index contributed by atoms with van der Waals surface area (Å²) in [6, 6.07) is 6.79. The summed E-state index contributed by atoms with van der Waals surface area (Å²) in [4.78, 5) is 33.3. The summed E-state index contributed by atoms with van der Waals surface area (Å²) < 4.78 is 50.5. The molecule has 3 heterocycles. The van der Waals surface area contributed by atoms with Gasteiger partial charge >= 0.3 is 12.1 Å². The van der Waals surface area contributed by atoms with E-state index in [1.54, 1.807) is 13.1 Å². The highest BCUT2D eigenvalue weighted by molar-refractivity contribution is 5.74. The zero-order chi connectivity index (χ0) is 27.4. The molecule has 0 aliphatic heterocycles. The smallest absolute Gasteiger partial charge is 0.465 e. The molecule has 0 spiro atoms. The van der Waals surface area contributed by atoms with Gasteiger partial charge in [-0.05, 0) is 37.1 Å². The molecule has 0 aliphatic rings. The molecule has 0 aliphatic carbocycles. The van der Waals surface area contributed by atoms with Crippen molar-refractivity contribution in [3.63, 3.8) is 0 Å². The second-order valence-corrected chi connectivity index (χ2v) is 8.33. The number of nitrogens with zero attached hydrogens (tertiary/aromatic N) is 5. The standard InChI is InChI=1S/C25H25F3N6O4/c1-4-12-33-22-20(23(35)34(13-5-2)24(33)36)29-21(30-22)18-15-19(32(3)31-18)37-14-6-7-16-8-10-17(11-9-16)38-25(26,27)28/h8-11,15H,4-5,12-14H2,1-3H3,(H,29,30). The molecule has 0 bridgehead atoms. The van der Waals surface area contributed by atoms with Crippen LogP contribution < -0.4 is 20.7 Å². The Hall–Kier alpha value is -4.47. The summed E-state index contributed by atoms with van der Waals surface area (Å²) in [5.41, 5.74) is 0.572. The molecule has 0 radical (unpaired) electrons. The van der Waals surface area contributed by atoms with E-state index in [1.807, 2.05) is 13.8 Å². The first-order chi connectivity index (χ1) is 18.1. The minimum Gasteiger partial charge on any atom is -0.465 e. The van der Waals surface area contributed by atoms with E-state index in [1.165, 1.54) is 38.1 Å². The molecule has 10 nitrogen and oxygen atoms in total. The van der Waals surface area contributed by atoms with Gasteiger partial charge < -0.3 is 14.5 Å². The number of halogens is 3. The van der Waals surface area contributed by atoms with Gasteiger partial charge in [0.05, 0.1) is 0 Å². The summed E-state index contributed by atoms with van der Waals surface area (Å²) in [7, 11) is 1.66. The van der Waals surface area contributed by atoms with Crippen LogP contribution in [-0.4, -0.2) is 41.9 Å². The zero-order valence-electron chi connectivity index (χ0n) is 20.9. The van der Waals surface area contributed by atoms with Crippen LogP contribution in [0, 0.1) is 11.8 Å². The molecule has 0 unspecified atom stereocenters. The van der Waals surface area contributed by atoms with E-state index >= 15 is 0 Å². The van der Waals surface area contributed by atoms with E-state index < -0.39 is 17.6 Å². The lowest BCUT2D eigenvalue weighted by Crippen LogP contribution is -2.40. The highest BCUT2D eigenvalue weighted by Gasteiger charge is 2.30. The molecular formula is C25H25F3N6O4. The normalized spacial score (nSPS) is 11.4. The fraction of sp³-hybridized carbons (Fsp3) is 0.360. The number of aromatic nitrogens is 6. The van der Waals surface area contributed by atoms with Crippen molar-refractivity contribution in [3.8, 4) is 35.0 Å². The molecule has 4 aromatic rings.